The van der Waals surface area contributed by atoms with Crippen molar-refractivity contribution in [2.45, 2.75) is 26.5 Å². The second kappa shape index (κ2) is 11.0. The summed E-state index contributed by atoms with van der Waals surface area (Å²) in [5.74, 6) is 2.42. The van der Waals surface area contributed by atoms with Crippen LogP contribution in [0.3, 0.4) is 0 Å². The molecule has 1 atom stereocenters. The van der Waals surface area contributed by atoms with Crippen LogP contribution in [-0.4, -0.2) is 39.4 Å². The van der Waals surface area contributed by atoms with E-state index in [4.69, 9.17) is 14.2 Å². The quantitative estimate of drug-likeness (QED) is 0.509. The number of methoxy groups -OCH3 is 1. The molecular weight excluding hydrogens is 361 g/mol. The zero-order chi connectivity index (χ0) is 20.4. The highest BCUT2D eigenvalue weighted by Gasteiger charge is 2.08. The molecule has 0 bridgehead atoms. The molecule has 1 unspecified atom stereocenters. The van der Waals surface area contributed by atoms with Crippen molar-refractivity contribution in [2.75, 3.05) is 27.3 Å². The first kappa shape index (κ1) is 21.3. The van der Waals surface area contributed by atoms with Gasteiger partial charge >= 0.3 is 0 Å². The maximum absolute atomic E-state index is 13.0. The largest absolute Gasteiger partial charge is 0.493 e. The Morgan fingerprint density at radius 3 is 2.50 bits per heavy atom. The number of ether oxygens (including phenoxy) is 3. The average molecular weight is 389 g/mol. The number of benzene rings is 2. The summed E-state index contributed by atoms with van der Waals surface area (Å²) in [6, 6.07) is 11.8. The van der Waals surface area contributed by atoms with Gasteiger partial charge in [0.1, 0.15) is 17.7 Å². The third-order valence-corrected chi connectivity index (χ3v) is 3.92. The van der Waals surface area contributed by atoms with Crippen molar-refractivity contribution in [3.8, 4) is 17.2 Å². The number of nitrogens with one attached hydrogen (secondary N) is 2. The Bertz CT molecular complexity index is 766. The Morgan fingerprint density at radius 2 is 1.86 bits per heavy atom. The van der Waals surface area contributed by atoms with Gasteiger partial charge in [-0.05, 0) is 55.8 Å². The summed E-state index contributed by atoms with van der Waals surface area (Å²) in [5, 5.41) is 6.47. The summed E-state index contributed by atoms with van der Waals surface area (Å²) in [5.41, 5.74) is 1.04. The molecule has 0 amide bonds. The fourth-order valence-electron chi connectivity index (χ4n) is 2.53. The lowest BCUT2D eigenvalue weighted by Gasteiger charge is -2.18. The molecule has 28 heavy (non-hydrogen) atoms. The van der Waals surface area contributed by atoms with Crippen LogP contribution in [0.2, 0.25) is 0 Å². The minimum absolute atomic E-state index is 0.116. The molecule has 0 saturated heterocycles. The third kappa shape index (κ3) is 6.64. The molecule has 0 heterocycles. The third-order valence-electron chi connectivity index (χ3n) is 3.92. The normalized spacial score (nSPS) is 12.2. The van der Waals surface area contributed by atoms with Gasteiger partial charge in [-0.25, -0.2) is 4.39 Å². The Morgan fingerprint density at radius 1 is 1.11 bits per heavy atom. The van der Waals surface area contributed by atoms with Gasteiger partial charge in [0, 0.05) is 13.6 Å². The number of hydrogen-bond acceptors (Lipinski definition) is 4. The van der Waals surface area contributed by atoms with Crippen LogP contribution in [0.15, 0.2) is 47.5 Å². The van der Waals surface area contributed by atoms with Gasteiger partial charge in [0.05, 0.1) is 20.3 Å². The van der Waals surface area contributed by atoms with Crippen LogP contribution < -0.4 is 24.8 Å². The van der Waals surface area contributed by atoms with Crippen molar-refractivity contribution in [3.63, 3.8) is 0 Å². The second-order valence-corrected chi connectivity index (χ2v) is 6.11. The number of guanidine groups is 1. The van der Waals surface area contributed by atoms with Gasteiger partial charge in [0.15, 0.2) is 17.5 Å². The molecule has 0 aromatic heterocycles. The Balaban J connectivity index is 1.84. The summed E-state index contributed by atoms with van der Waals surface area (Å²) >= 11 is 0. The smallest absolute Gasteiger partial charge is 0.191 e. The van der Waals surface area contributed by atoms with Crippen LogP contribution in [0.4, 0.5) is 4.39 Å². The predicted octanol–water partition coefficient (Wildman–Crippen LogP) is 3.37. The number of hydrogen-bond donors (Lipinski definition) is 2. The van der Waals surface area contributed by atoms with Crippen LogP contribution in [0.25, 0.3) is 0 Å². The number of halogens is 1. The van der Waals surface area contributed by atoms with Crippen LogP contribution in [0.1, 0.15) is 19.4 Å². The molecule has 0 aliphatic heterocycles. The number of nitrogens with zero attached hydrogens (tertiary/aromatic N) is 1. The highest BCUT2D eigenvalue weighted by Crippen LogP contribution is 2.27. The average Bonchev–Trinajstić information content (AvgIpc) is 2.70. The molecular formula is C21H28FN3O3. The fourth-order valence-corrected chi connectivity index (χ4v) is 2.53. The van der Waals surface area contributed by atoms with Crippen LogP contribution in [-0.2, 0) is 6.54 Å². The predicted molar refractivity (Wildman–Crippen MR) is 109 cm³/mol. The molecule has 2 N–H and O–H groups in total. The van der Waals surface area contributed by atoms with Crippen molar-refractivity contribution < 1.29 is 18.6 Å². The maximum Gasteiger partial charge on any atom is 0.191 e. The maximum atomic E-state index is 13.0. The van der Waals surface area contributed by atoms with Crippen LogP contribution in [0, 0.1) is 5.82 Å². The van der Waals surface area contributed by atoms with E-state index in [1.165, 1.54) is 12.1 Å². The summed E-state index contributed by atoms with van der Waals surface area (Å²) in [6.45, 7) is 5.57. The van der Waals surface area contributed by atoms with E-state index in [0.29, 0.717) is 42.9 Å². The molecule has 6 nitrogen and oxygen atoms in total. The molecule has 2 rings (SSSR count). The lowest BCUT2D eigenvalue weighted by atomic mass is 10.2. The topological polar surface area (TPSA) is 64.1 Å². The molecule has 2 aromatic carbocycles. The Kier molecular flexibility index (Phi) is 8.39. The highest BCUT2D eigenvalue weighted by molar-refractivity contribution is 5.79. The molecule has 0 saturated carbocycles. The van der Waals surface area contributed by atoms with E-state index in [-0.39, 0.29) is 11.9 Å². The molecule has 0 radical (unpaired) electrons. The van der Waals surface area contributed by atoms with Gasteiger partial charge in [-0.1, -0.05) is 6.07 Å². The van der Waals surface area contributed by atoms with Crippen LogP contribution >= 0.6 is 0 Å². The van der Waals surface area contributed by atoms with E-state index < -0.39 is 0 Å². The van der Waals surface area contributed by atoms with Gasteiger partial charge in [-0.2, -0.15) is 0 Å². The highest BCUT2D eigenvalue weighted by atomic mass is 19.1. The minimum atomic E-state index is -0.284. The van der Waals surface area contributed by atoms with E-state index >= 15 is 0 Å². The monoisotopic (exact) mass is 389 g/mol. The van der Waals surface area contributed by atoms with Crippen molar-refractivity contribution in [1.82, 2.24) is 10.6 Å². The second-order valence-electron chi connectivity index (χ2n) is 6.11. The molecule has 0 aliphatic rings. The van der Waals surface area contributed by atoms with Crippen molar-refractivity contribution in [2.24, 2.45) is 4.99 Å². The van der Waals surface area contributed by atoms with Gasteiger partial charge in [0.25, 0.3) is 0 Å². The van der Waals surface area contributed by atoms with E-state index in [1.807, 2.05) is 32.0 Å². The minimum Gasteiger partial charge on any atom is -0.493 e. The van der Waals surface area contributed by atoms with Crippen LogP contribution in [0.5, 0.6) is 17.2 Å². The molecule has 7 heteroatoms. The molecule has 0 spiro atoms. The lowest BCUT2D eigenvalue weighted by molar-refractivity contribution is 0.223. The van der Waals surface area contributed by atoms with Gasteiger partial charge in [0.2, 0.25) is 0 Å². The SMILES string of the molecule is CCOc1cc(CNC(=NC)NCC(C)Oc2ccc(F)cc2)ccc1OC. The first-order chi connectivity index (χ1) is 13.5. The summed E-state index contributed by atoms with van der Waals surface area (Å²) in [6.07, 6.45) is -0.116. The lowest BCUT2D eigenvalue weighted by Crippen LogP contribution is -2.41. The molecule has 2 aromatic rings. The van der Waals surface area contributed by atoms with Gasteiger partial charge in [-0.3, -0.25) is 4.99 Å². The first-order valence-corrected chi connectivity index (χ1v) is 9.22. The van der Waals surface area contributed by atoms with E-state index in [1.54, 1.807) is 26.3 Å². The number of rotatable bonds is 9. The fraction of sp³-hybridized carbons (Fsp3) is 0.381. The first-order valence-electron chi connectivity index (χ1n) is 9.22. The summed E-state index contributed by atoms with van der Waals surface area (Å²) < 4.78 is 29.6. The van der Waals surface area contributed by atoms with Gasteiger partial charge < -0.3 is 24.8 Å². The van der Waals surface area contributed by atoms with Gasteiger partial charge in [-0.15, -0.1) is 0 Å². The summed E-state index contributed by atoms with van der Waals surface area (Å²) in [7, 11) is 3.33. The Labute approximate surface area is 165 Å². The zero-order valence-electron chi connectivity index (χ0n) is 16.8. The van der Waals surface area contributed by atoms with E-state index in [0.717, 1.165) is 5.56 Å². The molecule has 0 aliphatic carbocycles. The Hall–Kier alpha value is -2.96. The van der Waals surface area contributed by atoms with Crippen molar-refractivity contribution in [3.05, 3.63) is 53.8 Å². The standard InChI is InChI=1S/C21H28FN3O3/c1-5-27-20-12-16(6-11-19(20)26-4)14-25-21(23-3)24-13-15(2)28-18-9-7-17(22)8-10-18/h6-12,15H,5,13-14H2,1-4H3,(H2,23,24,25). The van der Waals surface area contributed by atoms with Crippen molar-refractivity contribution >= 4 is 5.96 Å². The molecule has 152 valence electrons. The molecule has 0 fully saturated rings. The van der Waals surface area contributed by atoms with Crippen molar-refractivity contribution in [1.29, 1.82) is 0 Å². The van der Waals surface area contributed by atoms with E-state index in [9.17, 15) is 4.39 Å². The van der Waals surface area contributed by atoms with E-state index in [2.05, 4.69) is 15.6 Å². The summed E-state index contributed by atoms with van der Waals surface area (Å²) in [4.78, 5) is 4.22. The number of aliphatic imine (C=N–C) groups is 1. The zero-order valence-corrected chi connectivity index (χ0v) is 16.8.